The molecule has 0 unspecified atom stereocenters. The molecule has 1 saturated carbocycles. The van der Waals surface area contributed by atoms with Gasteiger partial charge in [0, 0.05) is 36.7 Å². The van der Waals surface area contributed by atoms with Gasteiger partial charge in [0.1, 0.15) is 5.82 Å². The van der Waals surface area contributed by atoms with Crippen LogP contribution in [0, 0.1) is 23.2 Å². The summed E-state index contributed by atoms with van der Waals surface area (Å²) in [6.07, 6.45) is 11.6. The average Bonchev–Trinajstić information content (AvgIpc) is 2.94. The van der Waals surface area contributed by atoms with Crippen molar-refractivity contribution in [2.24, 2.45) is 11.8 Å². The molecule has 1 saturated heterocycles. The molecule has 0 amide bonds. The lowest BCUT2D eigenvalue weighted by Crippen LogP contribution is -2.39. The van der Waals surface area contributed by atoms with E-state index in [2.05, 4.69) is 44.2 Å². The van der Waals surface area contributed by atoms with Gasteiger partial charge in [0.25, 0.3) is 0 Å². The third-order valence-corrected chi connectivity index (χ3v) is 8.62. The summed E-state index contributed by atoms with van der Waals surface area (Å²) in [7, 11) is -3.33. The van der Waals surface area contributed by atoms with Gasteiger partial charge in [0.05, 0.1) is 17.9 Å². The monoisotopic (exact) mass is 543 g/mol. The number of nitrogens with zero attached hydrogens (tertiary/aromatic N) is 3. The van der Waals surface area contributed by atoms with Crippen LogP contribution in [0.25, 0.3) is 11.1 Å². The highest BCUT2D eigenvalue weighted by Crippen LogP contribution is 2.35. The molecular weight excluding hydrogens is 506 g/mol. The first-order valence-electron chi connectivity index (χ1n) is 13.9. The van der Waals surface area contributed by atoms with Gasteiger partial charge in [-0.3, -0.25) is 4.72 Å². The summed E-state index contributed by atoms with van der Waals surface area (Å²) in [4.78, 5) is 7.12. The number of nitrogens with one attached hydrogen (secondary N) is 2. The van der Waals surface area contributed by atoms with E-state index >= 15 is 0 Å². The second-order valence-electron chi connectivity index (χ2n) is 11.0. The summed E-state index contributed by atoms with van der Waals surface area (Å²) in [6.45, 7) is 2.15. The van der Waals surface area contributed by atoms with Gasteiger partial charge >= 0.3 is 0 Å². The van der Waals surface area contributed by atoms with Crippen LogP contribution in [0.1, 0.15) is 50.5 Å². The van der Waals surface area contributed by atoms with Crippen LogP contribution in [0.5, 0.6) is 0 Å². The number of rotatable bonds is 8. The Morgan fingerprint density at radius 2 is 1.79 bits per heavy atom. The minimum absolute atomic E-state index is 0.394. The third-order valence-electron chi connectivity index (χ3n) is 8.02. The smallest absolute Gasteiger partial charge is 0.229 e. The summed E-state index contributed by atoms with van der Waals surface area (Å²) in [5.74, 6) is 2.14. The molecule has 2 aromatic carbocycles. The first-order valence-corrected chi connectivity index (χ1v) is 15.8. The van der Waals surface area contributed by atoms with E-state index in [1.165, 1.54) is 44.2 Å². The lowest BCUT2D eigenvalue weighted by atomic mass is 9.77. The summed E-state index contributed by atoms with van der Waals surface area (Å²) >= 11 is 0. The van der Waals surface area contributed by atoms with Crippen LogP contribution in [0.4, 0.5) is 17.2 Å². The Morgan fingerprint density at radius 3 is 2.59 bits per heavy atom. The highest BCUT2D eigenvalue weighted by molar-refractivity contribution is 7.92. The van der Waals surface area contributed by atoms with E-state index in [1.807, 2.05) is 42.6 Å². The minimum atomic E-state index is -3.33. The normalized spacial score (nSPS) is 21.6. The molecule has 2 fully saturated rings. The lowest BCUT2D eigenvalue weighted by Gasteiger charge is -2.39. The summed E-state index contributed by atoms with van der Waals surface area (Å²) in [5, 5.41) is 12.9. The predicted molar refractivity (Wildman–Crippen MR) is 158 cm³/mol. The molecule has 8 heteroatoms. The van der Waals surface area contributed by atoms with Gasteiger partial charge in [-0.1, -0.05) is 25.0 Å². The number of anilines is 3. The third kappa shape index (κ3) is 7.30. The topological polar surface area (TPSA) is 98.1 Å². The van der Waals surface area contributed by atoms with E-state index in [1.54, 1.807) is 6.07 Å². The quantitative estimate of drug-likeness (QED) is 0.348. The van der Waals surface area contributed by atoms with Gasteiger partial charge in [-0.25, -0.2) is 13.4 Å². The molecule has 39 heavy (non-hydrogen) atoms. The summed E-state index contributed by atoms with van der Waals surface area (Å²) in [5.41, 5.74) is 4.42. The molecule has 204 valence electrons. The molecule has 1 aromatic heterocycles. The maximum atomic E-state index is 11.7. The van der Waals surface area contributed by atoms with Gasteiger partial charge in [0.15, 0.2) is 0 Å². The van der Waals surface area contributed by atoms with Crippen molar-refractivity contribution in [2.75, 3.05) is 34.3 Å². The van der Waals surface area contributed by atoms with E-state index in [0.29, 0.717) is 29.1 Å². The van der Waals surface area contributed by atoms with Crippen LogP contribution in [-0.2, 0) is 10.0 Å². The SMILES string of the molecule is CS(=O)(=O)Nc1cccc(-c2ccnc(N[C@@H]3CCCC[C@H]3C[C@H]3CCCN(c4ccc(C#N)cc4)C3)c2)c1. The Balaban J connectivity index is 1.25. The number of hydrogen-bond donors (Lipinski definition) is 2. The molecule has 5 rings (SSSR count). The Kier molecular flexibility index (Phi) is 8.37. The molecule has 2 aliphatic rings. The fourth-order valence-electron chi connectivity index (χ4n) is 6.20. The molecule has 0 radical (unpaired) electrons. The molecule has 1 aliphatic carbocycles. The fraction of sp³-hybridized carbons (Fsp3) is 0.419. The van der Waals surface area contributed by atoms with Gasteiger partial charge in [-0.2, -0.15) is 5.26 Å². The zero-order valence-electron chi connectivity index (χ0n) is 22.5. The van der Waals surface area contributed by atoms with Crippen LogP contribution >= 0.6 is 0 Å². The van der Waals surface area contributed by atoms with Crippen molar-refractivity contribution in [1.82, 2.24) is 4.98 Å². The Morgan fingerprint density at radius 1 is 1.00 bits per heavy atom. The van der Waals surface area contributed by atoms with E-state index in [-0.39, 0.29) is 0 Å². The zero-order valence-corrected chi connectivity index (χ0v) is 23.3. The van der Waals surface area contributed by atoms with Crippen LogP contribution in [0.15, 0.2) is 66.9 Å². The summed E-state index contributed by atoms with van der Waals surface area (Å²) < 4.78 is 25.9. The van der Waals surface area contributed by atoms with Crippen LogP contribution in [0.3, 0.4) is 0 Å². The molecule has 3 aromatic rings. The fourth-order valence-corrected chi connectivity index (χ4v) is 6.76. The maximum Gasteiger partial charge on any atom is 0.229 e. The van der Waals surface area contributed by atoms with Crippen LogP contribution in [0.2, 0.25) is 0 Å². The largest absolute Gasteiger partial charge is 0.371 e. The van der Waals surface area contributed by atoms with Crippen molar-refractivity contribution in [3.05, 3.63) is 72.4 Å². The van der Waals surface area contributed by atoms with Crippen molar-refractivity contribution >= 4 is 27.2 Å². The highest BCUT2D eigenvalue weighted by atomic mass is 32.2. The molecule has 0 bridgehead atoms. The second-order valence-corrected chi connectivity index (χ2v) is 12.8. The van der Waals surface area contributed by atoms with Crippen LogP contribution < -0.4 is 14.9 Å². The number of hydrogen-bond acceptors (Lipinski definition) is 6. The molecule has 2 heterocycles. The standard InChI is InChI=1S/C31H37N5O2S/c1-39(37,38)35-28-9-4-8-25(19-28)26-15-16-33-31(20-26)34-30-10-3-2-7-27(30)18-24-6-5-17-36(22-24)29-13-11-23(21-32)12-14-29/h4,8-9,11-16,19-20,24,27,30,35H,2-3,5-7,10,17-18,22H2,1H3,(H,33,34)/t24-,27+,30-/m1/s1. The Labute approximate surface area is 232 Å². The molecule has 2 N–H and O–H groups in total. The van der Waals surface area contributed by atoms with E-state index < -0.39 is 10.0 Å². The molecule has 1 aliphatic heterocycles. The molecule has 7 nitrogen and oxygen atoms in total. The number of benzene rings is 2. The first-order chi connectivity index (χ1) is 18.9. The number of sulfonamides is 1. The van der Waals surface area contributed by atoms with E-state index in [0.717, 1.165) is 42.7 Å². The van der Waals surface area contributed by atoms with Gasteiger partial charge < -0.3 is 10.2 Å². The lowest BCUT2D eigenvalue weighted by molar-refractivity contribution is 0.247. The highest BCUT2D eigenvalue weighted by Gasteiger charge is 2.30. The van der Waals surface area contributed by atoms with E-state index in [4.69, 9.17) is 5.26 Å². The first kappa shape index (κ1) is 27.0. The van der Waals surface area contributed by atoms with Crippen molar-refractivity contribution in [3.63, 3.8) is 0 Å². The van der Waals surface area contributed by atoms with Crippen molar-refractivity contribution in [3.8, 4) is 17.2 Å². The molecule has 0 spiro atoms. The van der Waals surface area contributed by atoms with Gasteiger partial charge in [-0.15, -0.1) is 0 Å². The molecular formula is C31H37N5O2S. The van der Waals surface area contributed by atoms with Crippen molar-refractivity contribution < 1.29 is 8.42 Å². The maximum absolute atomic E-state index is 11.7. The number of pyridine rings is 1. The van der Waals surface area contributed by atoms with Crippen molar-refractivity contribution in [1.29, 1.82) is 5.26 Å². The van der Waals surface area contributed by atoms with Crippen LogP contribution in [-0.4, -0.2) is 38.8 Å². The minimum Gasteiger partial charge on any atom is -0.371 e. The predicted octanol–water partition coefficient (Wildman–Crippen LogP) is 6.27. The van der Waals surface area contributed by atoms with Gasteiger partial charge in [-0.05, 0) is 104 Å². The van der Waals surface area contributed by atoms with E-state index in [9.17, 15) is 8.42 Å². The summed E-state index contributed by atoms with van der Waals surface area (Å²) in [6, 6.07) is 22.1. The Bertz CT molecular complexity index is 1420. The number of piperidine rings is 1. The number of nitriles is 1. The van der Waals surface area contributed by atoms with Crippen molar-refractivity contribution in [2.45, 2.75) is 51.0 Å². The Hall–Kier alpha value is -3.57. The molecule has 3 atom stereocenters. The van der Waals surface area contributed by atoms with Gasteiger partial charge in [0.2, 0.25) is 10.0 Å². The second kappa shape index (κ2) is 12.1. The zero-order chi connectivity index (χ0) is 27.2. The number of aromatic nitrogens is 1. The average molecular weight is 544 g/mol.